The summed E-state index contributed by atoms with van der Waals surface area (Å²) >= 11 is 0. The van der Waals surface area contributed by atoms with E-state index >= 15 is 0 Å². The van der Waals surface area contributed by atoms with Gasteiger partial charge in [0.1, 0.15) is 13.2 Å². The lowest BCUT2D eigenvalue weighted by Crippen LogP contribution is -2.26. The van der Waals surface area contributed by atoms with Crippen LogP contribution in [0, 0.1) is 0 Å². The fourth-order valence-corrected chi connectivity index (χ4v) is 2.75. The van der Waals surface area contributed by atoms with Crippen molar-refractivity contribution >= 4 is 0 Å². The number of nitrogens with one attached hydrogen (secondary N) is 1. The summed E-state index contributed by atoms with van der Waals surface area (Å²) in [5.41, 5.74) is 2.24. The summed E-state index contributed by atoms with van der Waals surface area (Å²) in [5.74, 6) is 1.67. The zero-order valence-corrected chi connectivity index (χ0v) is 12.5. The molecule has 0 amide bonds. The highest BCUT2D eigenvalue weighted by atomic mass is 16.6. The van der Waals surface area contributed by atoms with Gasteiger partial charge in [0.05, 0.1) is 11.7 Å². The van der Waals surface area contributed by atoms with Crippen molar-refractivity contribution in [2.75, 3.05) is 19.8 Å². The predicted octanol–water partition coefficient (Wildman–Crippen LogP) is 2.37. The Bertz CT molecular complexity index is 609. The zero-order valence-electron chi connectivity index (χ0n) is 12.5. The summed E-state index contributed by atoms with van der Waals surface area (Å²) in [6, 6.07) is 8.17. The minimum atomic E-state index is 0.0501. The highest BCUT2D eigenvalue weighted by molar-refractivity contribution is 5.50. The van der Waals surface area contributed by atoms with Crippen molar-refractivity contribution in [3.63, 3.8) is 0 Å². The third-order valence-corrected chi connectivity index (χ3v) is 3.66. The van der Waals surface area contributed by atoms with Gasteiger partial charge < -0.3 is 14.8 Å². The SMILES string of the molecule is CCNC(c1cccc2c1OCCO2)c1ccnn1CC. The van der Waals surface area contributed by atoms with Crippen molar-refractivity contribution < 1.29 is 9.47 Å². The molecular formula is C16H21N3O2. The lowest BCUT2D eigenvalue weighted by molar-refractivity contribution is 0.169. The molecule has 0 bridgehead atoms. The van der Waals surface area contributed by atoms with Gasteiger partial charge in [0.2, 0.25) is 0 Å². The average molecular weight is 287 g/mol. The molecule has 1 N–H and O–H groups in total. The summed E-state index contributed by atoms with van der Waals surface area (Å²) < 4.78 is 13.6. The van der Waals surface area contributed by atoms with Crippen LogP contribution in [-0.2, 0) is 6.54 Å². The van der Waals surface area contributed by atoms with Crippen molar-refractivity contribution in [3.05, 3.63) is 41.7 Å². The number of benzene rings is 1. The fraction of sp³-hybridized carbons (Fsp3) is 0.438. The van der Waals surface area contributed by atoms with E-state index in [-0.39, 0.29) is 6.04 Å². The average Bonchev–Trinajstić information content (AvgIpc) is 3.00. The number of nitrogens with zero attached hydrogens (tertiary/aromatic N) is 2. The van der Waals surface area contributed by atoms with Crippen LogP contribution in [0.4, 0.5) is 0 Å². The van der Waals surface area contributed by atoms with E-state index < -0.39 is 0 Å². The maximum atomic E-state index is 5.86. The van der Waals surface area contributed by atoms with Gasteiger partial charge in [-0.2, -0.15) is 5.10 Å². The summed E-state index contributed by atoms with van der Waals surface area (Å²) in [5, 5.41) is 7.91. The summed E-state index contributed by atoms with van der Waals surface area (Å²) in [7, 11) is 0. The van der Waals surface area contributed by atoms with E-state index in [2.05, 4.69) is 36.4 Å². The molecule has 1 aliphatic heterocycles. The van der Waals surface area contributed by atoms with Gasteiger partial charge in [-0.15, -0.1) is 0 Å². The summed E-state index contributed by atoms with van der Waals surface area (Å²) in [4.78, 5) is 0. The second kappa shape index (κ2) is 6.18. The first-order valence-electron chi connectivity index (χ1n) is 7.48. The summed E-state index contributed by atoms with van der Waals surface area (Å²) in [6.07, 6.45) is 1.84. The van der Waals surface area contributed by atoms with Crippen LogP contribution >= 0.6 is 0 Å². The van der Waals surface area contributed by atoms with Crippen LogP contribution in [0.5, 0.6) is 11.5 Å². The molecule has 5 heteroatoms. The molecule has 0 saturated heterocycles. The minimum Gasteiger partial charge on any atom is -0.486 e. The van der Waals surface area contributed by atoms with Gasteiger partial charge in [-0.05, 0) is 25.6 Å². The standard InChI is InChI=1S/C16H21N3O2/c1-3-17-15(13-8-9-18-19(13)4-2)12-6-5-7-14-16(12)21-11-10-20-14/h5-9,15,17H,3-4,10-11H2,1-2H3. The molecule has 0 spiro atoms. The molecule has 1 aromatic carbocycles. The second-order valence-corrected chi connectivity index (χ2v) is 4.93. The third-order valence-electron chi connectivity index (χ3n) is 3.66. The van der Waals surface area contributed by atoms with Gasteiger partial charge in [0.15, 0.2) is 11.5 Å². The zero-order chi connectivity index (χ0) is 14.7. The van der Waals surface area contributed by atoms with Gasteiger partial charge in [-0.1, -0.05) is 19.1 Å². The smallest absolute Gasteiger partial charge is 0.166 e. The Morgan fingerprint density at radius 2 is 2.10 bits per heavy atom. The molecule has 1 unspecified atom stereocenters. The molecular weight excluding hydrogens is 266 g/mol. The first-order valence-corrected chi connectivity index (χ1v) is 7.48. The van der Waals surface area contributed by atoms with E-state index in [1.807, 2.05) is 23.0 Å². The van der Waals surface area contributed by atoms with Crippen molar-refractivity contribution in [3.8, 4) is 11.5 Å². The maximum absolute atomic E-state index is 5.86. The molecule has 1 aromatic heterocycles. The first-order chi connectivity index (χ1) is 10.3. The molecule has 5 nitrogen and oxygen atoms in total. The van der Waals surface area contributed by atoms with Crippen LogP contribution < -0.4 is 14.8 Å². The minimum absolute atomic E-state index is 0.0501. The monoisotopic (exact) mass is 287 g/mol. The number of ether oxygens (including phenoxy) is 2. The van der Waals surface area contributed by atoms with E-state index in [1.165, 1.54) is 0 Å². The molecule has 0 aliphatic carbocycles. The Morgan fingerprint density at radius 1 is 1.24 bits per heavy atom. The van der Waals surface area contributed by atoms with Crippen molar-refractivity contribution in [2.24, 2.45) is 0 Å². The van der Waals surface area contributed by atoms with Crippen LogP contribution in [0.2, 0.25) is 0 Å². The first kappa shape index (κ1) is 13.9. The Morgan fingerprint density at radius 3 is 2.90 bits per heavy atom. The van der Waals surface area contributed by atoms with Gasteiger partial charge in [0, 0.05) is 18.3 Å². The van der Waals surface area contributed by atoms with Crippen LogP contribution in [0.15, 0.2) is 30.5 Å². The Labute approximate surface area is 124 Å². The number of hydrogen-bond donors (Lipinski definition) is 1. The molecule has 2 heterocycles. The van der Waals surface area contributed by atoms with Gasteiger partial charge in [-0.3, -0.25) is 4.68 Å². The second-order valence-electron chi connectivity index (χ2n) is 4.93. The highest BCUT2D eigenvalue weighted by Crippen LogP contribution is 2.38. The lowest BCUT2D eigenvalue weighted by Gasteiger charge is -2.26. The third kappa shape index (κ3) is 2.61. The Balaban J connectivity index is 2.06. The highest BCUT2D eigenvalue weighted by Gasteiger charge is 2.24. The summed E-state index contributed by atoms with van der Waals surface area (Å²) in [6.45, 7) is 7.11. The molecule has 1 aliphatic rings. The van der Waals surface area contributed by atoms with Gasteiger partial charge in [-0.25, -0.2) is 0 Å². The van der Waals surface area contributed by atoms with Crippen molar-refractivity contribution in [1.82, 2.24) is 15.1 Å². The number of para-hydroxylation sites is 1. The number of aromatic nitrogens is 2. The topological polar surface area (TPSA) is 48.3 Å². The molecule has 3 rings (SSSR count). The van der Waals surface area contributed by atoms with Crippen molar-refractivity contribution in [1.29, 1.82) is 0 Å². The van der Waals surface area contributed by atoms with Crippen LogP contribution in [0.3, 0.4) is 0 Å². The normalized spacial score (nSPS) is 15.0. The molecule has 21 heavy (non-hydrogen) atoms. The van der Waals surface area contributed by atoms with E-state index in [1.54, 1.807) is 0 Å². The lowest BCUT2D eigenvalue weighted by atomic mass is 10.0. The number of aryl methyl sites for hydroxylation is 1. The Hall–Kier alpha value is -2.01. The van der Waals surface area contributed by atoms with E-state index in [4.69, 9.17) is 9.47 Å². The van der Waals surface area contributed by atoms with Crippen LogP contribution in [0.25, 0.3) is 0 Å². The van der Waals surface area contributed by atoms with E-state index in [0.29, 0.717) is 13.2 Å². The van der Waals surface area contributed by atoms with Gasteiger partial charge in [0.25, 0.3) is 0 Å². The molecule has 112 valence electrons. The quantitative estimate of drug-likeness (QED) is 0.917. The van der Waals surface area contributed by atoms with E-state index in [0.717, 1.165) is 35.8 Å². The van der Waals surface area contributed by atoms with Crippen molar-refractivity contribution in [2.45, 2.75) is 26.4 Å². The molecule has 1 atom stereocenters. The molecule has 2 aromatic rings. The molecule has 0 radical (unpaired) electrons. The fourth-order valence-electron chi connectivity index (χ4n) is 2.75. The number of rotatable bonds is 5. The molecule has 0 saturated carbocycles. The van der Waals surface area contributed by atoms with Crippen LogP contribution in [-0.4, -0.2) is 29.5 Å². The maximum Gasteiger partial charge on any atom is 0.166 e. The Kier molecular flexibility index (Phi) is 4.10. The van der Waals surface area contributed by atoms with Gasteiger partial charge >= 0.3 is 0 Å². The van der Waals surface area contributed by atoms with E-state index in [9.17, 15) is 0 Å². The molecule has 0 fully saturated rings. The van der Waals surface area contributed by atoms with Crippen LogP contribution in [0.1, 0.15) is 31.1 Å². The number of fused-ring (bicyclic) bond motifs is 1. The predicted molar refractivity (Wildman–Crippen MR) is 80.9 cm³/mol. The number of hydrogen-bond acceptors (Lipinski definition) is 4. The largest absolute Gasteiger partial charge is 0.486 e.